The quantitative estimate of drug-likeness (QED) is 0.940. The number of nitrogens with zero attached hydrogens (tertiary/aromatic N) is 1. The minimum atomic E-state index is -0.770. The van der Waals surface area contributed by atoms with Crippen molar-refractivity contribution in [3.63, 3.8) is 0 Å². The number of nitrogens with one attached hydrogen (secondary N) is 1. The van der Waals surface area contributed by atoms with Crippen LogP contribution >= 0.6 is 11.6 Å². The standard InChI is InChI=1S/C17H15ClN2O3/c1-11(23-15-9-5-2-6-12(15)18)17(22)20-10-16(21)19-13-7-3-4-8-14(13)20/h2-9,11H,10H2,1H3,(H,19,21). The highest BCUT2D eigenvalue weighted by atomic mass is 35.5. The summed E-state index contributed by atoms with van der Waals surface area (Å²) in [5.74, 6) is -0.0982. The molecule has 3 rings (SSSR count). The molecule has 6 heteroatoms. The van der Waals surface area contributed by atoms with E-state index in [1.165, 1.54) is 4.90 Å². The molecule has 2 amide bonds. The van der Waals surface area contributed by atoms with Gasteiger partial charge in [-0.05, 0) is 31.2 Å². The Balaban J connectivity index is 1.83. The van der Waals surface area contributed by atoms with Crippen LogP contribution in [-0.2, 0) is 9.59 Å². The molecule has 0 fully saturated rings. The van der Waals surface area contributed by atoms with Gasteiger partial charge in [0.1, 0.15) is 12.3 Å². The fourth-order valence-corrected chi connectivity index (χ4v) is 2.61. The number of carbonyl (C=O) groups is 2. The maximum Gasteiger partial charge on any atom is 0.268 e. The Morgan fingerprint density at radius 1 is 1.22 bits per heavy atom. The molecule has 0 saturated heterocycles. The third kappa shape index (κ3) is 3.14. The number of hydrogen-bond acceptors (Lipinski definition) is 3. The number of amides is 2. The number of ether oxygens (including phenoxy) is 1. The zero-order valence-corrected chi connectivity index (χ0v) is 13.2. The van der Waals surface area contributed by atoms with E-state index >= 15 is 0 Å². The average Bonchev–Trinajstić information content (AvgIpc) is 2.55. The summed E-state index contributed by atoms with van der Waals surface area (Å²) in [5, 5.41) is 3.18. The van der Waals surface area contributed by atoms with E-state index in [4.69, 9.17) is 16.3 Å². The van der Waals surface area contributed by atoms with Crippen molar-refractivity contribution in [3.05, 3.63) is 53.6 Å². The Labute approximate surface area is 138 Å². The Bertz CT molecular complexity index is 763. The Hall–Kier alpha value is -2.53. The summed E-state index contributed by atoms with van der Waals surface area (Å²) in [6.07, 6.45) is -0.770. The third-order valence-electron chi connectivity index (χ3n) is 3.52. The number of halogens is 1. The monoisotopic (exact) mass is 330 g/mol. The summed E-state index contributed by atoms with van der Waals surface area (Å²) in [6.45, 7) is 1.60. The summed E-state index contributed by atoms with van der Waals surface area (Å²) in [6, 6.07) is 14.1. The number of benzene rings is 2. The molecule has 0 radical (unpaired) electrons. The lowest BCUT2D eigenvalue weighted by Gasteiger charge is -2.31. The molecule has 0 saturated carbocycles. The van der Waals surface area contributed by atoms with Gasteiger partial charge in [0.05, 0.1) is 16.4 Å². The molecule has 118 valence electrons. The first-order valence-corrected chi connectivity index (χ1v) is 7.55. The smallest absolute Gasteiger partial charge is 0.268 e. The first-order chi connectivity index (χ1) is 11.1. The first kappa shape index (κ1) is 15.4. The van der Waals surface area contributed by atoms with Crippen LogP contribution < -0.4 is 15.0 Å². The van der Waals surface area contributed by atoms with Crippen molar-refractivity contribution in [2.45, 2.75) is 13.0 Å². The van der Waals surface area contributed by atoms with Crippen LogP contribution in [0.2, 0.25) is 5.02 Å². The Kier molecular flexibility index (Phi) is 4.21. The van der Waals surface area contributed by atoms with Crippen molar-refractivity contribution in [1.29, 1.82) is 0 Å². The predicted molar refractivity (Wildman–Crippen MR) is 89.0 cm³/mol. The van der Waals surface area contributed by atoms with Crippen LogP contribution in [0, 0.1) is 0 Å². The average molecular weight is 331 g/mol. The number of rotatable bonds is 3. The normalized spacial score (nSPS) is 14.7. The Morgan fingerprint density at radius 2 is 1.91 bits per heavy atom. The molecular formula is C17H15ClN2O3. The van der Waals surface area contributed by atoms with Gasteiger partial charge in [0, 0.05) is 0 Å². The third-order valence-corrected chi connectivity index (χ3v) is 3.84. The van der Waals surface area contributed by atoms with Crippen molar-refractivity contribution < 1.29 is 14.3 Å². The molecule has 1 aliphatic heterocycles. The highest BCUT2D eigenvalue weighted by Gasteiger charge is 2.30. The summed E-state index contributed by atoms with van der Waals surface area (Å²) in [4.78, 5) is 25.9. The molecule has 1 N–H and O–H groups in total. The zero-order valence-electron chi connectivity index (χ0n) is 12.5. The van der Waals surface area contributed by atoms with Crippen molar-refractivity contribution in [2.24, 2.45) is 0 Å². The van der Waals surface area contributed by atoms with Gasteiger partial charge in [0.15, 0.2) is 6.10 Å². The van der Waals surface area contributed by atoms with E-state index in [9.17, 15) is 9.59 Å². The fraction of sp³-hybridized carbons (Fsp3) is 0.176. The molecule has 0 aliphatic carbocycles. The summed E-state index contributed by atoms with van der Waals surface area (Å²) in [7, 11) is 0. The lowest BCUT2D eigenvalue weighted by atomic mass is 10.1. The van der Waals surface area contributed by atoms with E-state index in [-0.39, 0.29) is 18.4 Å². The first-order valence-electron chi connectivity index (χ1n) is 7.17. The van der Waals surface area contributed by atoms with Gasteiger partial charge in [-0.3, -0.25) is 14.5 Å². The second-order valence-corrected chi connectivity index (χ2v) is 5.59. The van der Waals surface area contributed by atoms with Gasteiger partial charge < -0.3 is 10.1 Å². The molecule has 1 atom stereocenters. The van der Waals surface area contributed by atoms with Crippen LogP contribution in [0.4, 0.5) is 11.4 Å². The van der Waals surface area contributed by atoms with E-state index < -0.39 is 6.10 Å². The molecule has 0 bridgehead atoms. The van der Waals surface area contributed by atoms with Crippen LogP contribution in [0.1, 0.15) is 6.92 Å². The minimum absolute atomic E-state index is 0.0356. The SMILES string of the molecule is CC(Oc1ccccc1Cl)C(=O)N1CC(=O)Nc2ccccc21. The second-order valence-electron chi connectivity index (χ2n) is 5.18. The van der Waals surface area contributed by atoms with Crippen LogP contribution in [-0.4, -0.2) is 24.5 Å². The van der Waals surface area contributed by atoms with E-state index in [1.54, 1.807) is 49.4 Å². The highest BCUT2D eigenvalue weighted by Crippen LogP contribution is 2.30. The van der Waals surface area contributed by atoms with Crippen LogP contribution in [0.15, 0.2) is 48.5 Å². The maximum atomic E-state index is 12.7. The van der Waals surface area contributed by atoms with Crippen LogP contribution in [0.25, 0.3) is 0 Å². The zero-order chi connectivity index (χ0) is 16.4. The van der Waals surface area contributed by atoms with Gasteiger partial charge in [-0.15, -0.1) is 0 Å². The molecule has 2 aromatic rings. The number of carbonyl (C=O) groups excluding carboxylic acids is 2. The molecule has 0 spiro atoms. The lowest BCUT2D eigenvalue weighted by Crippen LogP contribution is -2.47. The van der Waals surface area contributed by atoms with E-state index in [0.29, 0.717) is 22.1 Å². The van der Waals surface area contributed by atoms with Gasteiger partial charge >= 0.3 is 0 Å². The van der Waals surface area contributed by atoms with Crippen molar-refractivity contribution >= 4 is 34.8 Å². The topological polar surface area (TPSA) is 58.6 Å². The Morgan fingerprint density at radius 3 is 2.70 bits per heavy atom. The molecule has 1 heterocycles. The molecule has 1 unspecified atom stereocenters. The number of hydrogen-bond donors (Lipinski definition) is 1. The lowest BCUT2D eigenvalue weighted by molar-refractivity contribution is -0.126. The van der Waals surface area contributed by atoms with E-state index in [0.717, 1.165) is 0 Å². The highest BCUT2D eigenvalue weighted by molar-refractivity contribution is 6.32. The molecule has 2 aromatic carbocycles. The van der Waals surface area contributed by atoms with Crippen molar-refractivity contribution in [2.75, 3.05) is 16.8 Å². The van der Waals surface area contributed by atoms with Gasteiger partial charge in [-0.2, -0.15) is 0 Å². The minimum Gasteiger partial charge on any atom is -0.479 e. The second kappa shape index (κ2) is 6.30. The summed E-state index contributed by atoms with van der Waals surface area (Å²) >= 11 is 6.05. The van der Waals surface area contributed by atoms with Gasteiger partial charge in [-0.25, -0.2) is 0 Å². The molecule has 0 aromatic heterocycles. The van der Waals surface area contributed by atoms with Crippen LogP contribution in [0.5, 0.6) is 5.75 Å². The summed E-state index contributed by atoms with van der Waals surface area (Å²) < 4.78 is 5.66. The van der Waals surface area contributed by atoms with E-state index in [1.807, 2.05) is 6.07 Å². The van der Waals surface area contributed by atoms with Gasteiger partial charge in [0.2, 0.25) is 5.91 Å². The van der Waals surface area contributed by atoms with E-state index in [2.05, 4.69) is 5.32 Å². The van der Waals surface area contributed by atoms with Crippen LogP contribution in [0.3, 0.4) is 0 Å². The van der Waals surface area contributed by atoms with Crippen molar-refractivity contribution in [1.82, 2.24) is 0 Å². The summed E-state index contributed by atoms with van der Waals surface area (Å²) in [5.41, 5.74) is 1.27. The number of fused-ring (bicyclic) bond motifs is 1. The maximum absolute atomic E-state index is 12.7. The predicted octanol–water partition coefficient (Wildman–Crippen LogP) is 3.09. The van der Waals surface area contributed by atoms with Gasteiger partial charge in [-0.1, -0.05) is 35.9 Å². The number of para-hydroxylation sites is 3. The fourth-order valence-electron chi connectivity index (χ4n) is 2.43. The van der Waals surface area contributed by atoms with Crippen molar-refractivity contribution in [3.8, 4) is 5.75 Å². The molecule has 5 nitrogen and oxygen atoms in total. The largest absolute Gasteiger partial charge is 0.479 e. The molecular weight excluding hydrogens is 316 g/mol. The molecule has 23 heavy (non-hydrogen) atoms. The van der Waals surface area contributed by atoms with Gasteiger partial charge in [0.25, 0.3) is 5.91 Å². The number of anilines is 2. The molecule has 1 aliphatic rings.